The molecule has 2 rings (SSSR count). The number of hydrogen-bond donors (Lipinski definition) is 0. The quantitative estimate of drug-likeness (QED) is 0.441. The van der Waals surface area contributed by atoms with Crippen molar-refractivity contribution in [2.45, 2.75) is 63.5 Å². The lowest BCUT2D eigenvalue weighted by atomic mass is 9.91. The van der Waals surface area contributed by atoms with E-state index in [1.54, 1.807) is 0 Å². The van der Waals surface area contributed by atoms with Crippen LogP contribution in [-0.4, -0.2) is 59.5 Å². The third-order valence-corrected chi connectivity index (χ3v) is 4.97. The lowest BCUT2D eigenvalue weighted by molar-refractivity contribution is -0.571. The van der Waals surface area contributed by atoms with Crippen molar-refractivity contribution in [2.75, 3.05) is 33.2 Å². The van der Waals surface area contributed by atoms with Crippen molar-refractivity contribution >= 4 is 0 Å². The molecule has 5 nitrogen and oxygen atoms in total. The van der Waals surface area contributed by atoms with Crippen LogP contribution in [-0.2, 0) is 0 Å². The Morgan fingerprint density at radius 3 is 2.80 bits per heavy atom. The molecule has 5 heteroatoms. The monoisotopic (exact) mass is 283 g/mol. The topological polar surface area (TPSA) is 49.6 Å². The molecule has 0 N–H and O–H groups in total. The van der Waals surface area contributed by atoms with Crippen LogP contribution >= 0.6 is 0 Å². The normalized spacial score (nSPS) is 32.6. The van der Waals surface area contributed by atoms with Crippen LogP contribution in [0.4, 0.5) is 0 Å². The standard InChI is InChI=1S/C15H29N3O2/c1-3-4-6-9-15(18(19)20)12-16(2)11-14-8-5-7-10-17(14)13-15/h14H,3-13H2,1-2H3. The van der Waals surface area contributed by atoms with Gasteiger partial charge in [0.2, 0.25) is 5.54 Å². The molecule has 20 heavy (non-hydrogen) atoms. The molecule has 2 unspecified atom stereocenters. The van der Waals surface area contributed by atoms with E-state index in [0.717, 1.165) is 38.8 Å². The largest absolute Gasteiger partial charge is 0.298 e. The van der Waals surface area contributed by atoms with E-state index in [4.69, 9.17) is 0 Å². The van der Waals surface area contributed by atoms with E-state index in [-0.39, 0.29) is 4.92 Å². The molecule has 0 saturated carbocycles. The van der Waals surface area contributed by atoms with Crippen molar-refractivity contribution in [1.29, 1.82) is 0 Å². The van der Waals surface area contributed by atoms with E-state index >= 15 is 0 Å². The second-order valence-electron chi connectivity index (χ2n) is 6.76. The van der Waals surface area contributed by atoms with E-state index in [2.05, 4.69) is 23.8 Å². The van der Waals surface area contributed by atoms with Crippen LogP contribution in [0.3, 0.4) is 0 Å². The minimum absolute atomic E-state index is 0.0240. The SMILES string of the molecule is CCCCCC1([N+](=O)[O-])CN(C)CC2CCCCN2C1. The van der Waals surface area contributed by atoms with Gasteiger partial charge in [0.25, 0.3) is 0 Å². The first-order chi connectivity index (χ1) is 9.57. The summed E-state index contributed by atoms with van der Waals surface area (Å²) in [5.41, 5.74) is -0.754. The summed E-state index contributed by atoms with van der Waals surface area (Å²) in [5.74, 6) is 0. The first-order valence-electron chi connectivity index (χ1n) is 8.14. The lowest BCUT2D eigenvalue weighted by Crippen LogP contribution is -2.53. The van der Waals surface area contributed by atoms with Gasteiger partial charge in [-0.3, -0.25) is 19.9 Å². The molecular formula is C15H29N3O2. The van der Waals surface area contributed by atoms with Crippen molar-refractivity contribution in [3.05, 3.63) is 10.1 Å². The molecule has 0 amide bonds. The molecule has 0 aromatic carbocycles. The number of rotatable bonds is 5. The highest BCUT2D eigenvalue weighted by molar-refractivity contribution is 4.94. The Balaban J connectivity index is 2.13. The van der Waals surface area contributed by atoms with Crippen LogP contribution in [0.5, 0.6) is 0 Å². The Labute approximate surface area is 122 Å². The van der Waals surface area contributed by atoms with Gasteiger partial charge >= 0.3 is 0 Å². The Hall–Kier alpha value is -0.680. The first-order valence-corrected chi connectivity index (χ1v) is 8.14. The summed E-state index contributed by atoms with van der Waals surface area (Å²) in [7, 11) is 2.05. The van der Waals surface area contributed by atoms with Crippen LogP contribution in [0.2, 0.25) is 0 Å². The van der Waals surface area contributed by atoms with Crippen LogP contribution in [0.25, 0.3) is 0 Å². The number of piperidine rings is 1. The summed E-state index contributed by atoms with van der Waals surface area (Å²) in [5, 5.41) is 11.8. The average Bonchev–Trinajstić information content (AvgIpc) is 2.55. The molecule has 2 saturated heterocycles. The van der Waals surface area contributed by atoms with E-state index in [1.165, 1.54) is 19.3 Å². The molecule has 2 aliphatic rings. The van der Waals surface area contributed by atoms with E-state index in [1.807, 2.05) is 0 Å². The Morgan fingerprint density at radius 1 is 1.30 bits per heavy atom. The number of nitrogens with zero attached hydrogens (tertiary/aromatic N) is 3. The number of nitro groups is 1. The van der Waals surface area contributed by atoms with Gasteiger partial charge in [-0.15, -0.1) is 0 Å². The average molecular weight is 283 g/mol. The van der Waals surface area contributed by atoms with Crippen LogP contribution in [0, 0.1) is 10.1 Å². The summed E-state index contributed by atoms with van der Waals surface area (Å²) < 4.78 is 0. The third-order valence-electron chi connectivity index (χ3n) is 4.97. The fourth-order valence-electron chi connectivity index (χ4n) is 3.90. The van der Waals surface area contributed by atoms with Gasteiger partial charge in [0, 0.05) is 23.9 Å². The Bertz CT molecular complexity index is 337. The van der Waals surface area contributed by atoms with Crippen molar-refractivity contribution in [3.63, 3.8) is 0 Å². The molecule has 2 aliphatic heterocycles. The molecule has 0 aromatic heterocycles. The highest BCUT2D eigenvalue weighted by Gasteiger charge is 2.48. The second kappa shape index (κ2) is 6.85. The fraction of sp³-hybridized carbons (Fsp3) is 1.00. The van der Waals surface area contributed by atoms with Crippen molar-refractivity contribution in [2.24, 2.45) is 0 Å². The maximum Gasteiger partial charge on any atom is 0.247 e. The summed E-state index contributed by atoms with van der Waals surface area (Å²) >= 11 is 0. The van der Waals surface area contributed by atoms with Crippen molar-refractivity contribution in [1.82, 2.24) is 9.80 Å². The minimum Gasteiger partial charge on any atom is -0.298 e. The predicted molar refractivity (Wildman–Crippen MR) is 80.6 cm³/mol. The number of unbranched alkanes of at least 4 members (excludes halogenated alkanes) is 2. The minimum atomic E-state index is -0.754. The third kappa shape index (κ3) is 3.50. The second-order valence-corrected chi connectivity index (χ2v) is 6.76. The van der Waals surface area contributed by atoms with Gasteiger partial charge in [0.1, 0.15) is 0 Å². The molecule has 0 radical (unpaired) electrons. The molecule has 0 spiro atoms. The summed E-state index contributed by atoms with van der Waals surface area (Å²) in [6, 6.07) is 0.529. The highest BCUT2D eigenvalue weighted by atomic mass is 16.6. The molecule has 2 fully saturated rings. The van der Waals surface area contributed by atoms with E-state index < -0.39 is 5.54 Å². The summed E-state index contributed by atoms with van der Waals surface area (Å²) in [6.45, 7) is 5.44. The van der Waals surface area contributed by atoms with Crippen LogP contribution in [0.1, 0.15) is 51.9 Å². The Morgan fingerprint density at radius 2 is 2.10 bits per heavy atom. The van der Waals surface area contributed by atoms with Gasteiger partial charge in [0.05, 0.1) is 13.1 Å². The molecule has 0 aromatic rings. The molecule has 0 bridgehead atoms. The number of fused-ring (bicyclic) bond motifs is 1. The van der Waals surface area contributed by atoms with Gasteiger partial charge in [-0.1, -0.05) is 26.2 Å². The van der Waals surface area contributed by atoms with Gasteiger partial charge in [0.15, 0.2) is 0 Å². The van der Waals surface area contributed by atoms with Gasteiger partial charge in [-0.05, 0) is 32.9 Å². The van der Waals surface area contributed by atoms with Gasteiger partial charge in [-0.2, -0.15) is 0 Å². The van der Waals surface area contributed by atoms with Crippen molar-refractivity contribution in [3.8, 4) is 0 Å². The number of likely N-dealkylation sites (N-methyl/N-ethyl adjacent to an activating group) is 1. The van der Waals surface area contributed by atoms with E-state index in [9.17, 15) is 10.1 Å². The van der Waals surface area contributed by atoms with E-state index in [0.29, 0.717) is 19.1 Å². The highest BCUT2D eigenvalue weighted by Crippen LogP contribution is 2.29. The molecule has 0 aliphatic carbocycles. The Kier molecular flexibility index (Phi) is 5.38. The van der Waals surface area contributed by atoms with Gasteiger partial charge in [-0.25, -0.2) is 0 Å². The predicted octanol–water partition coefficient (Wildman–Crippen LogP) is 2.38. The summed E-state index contributed by atoms with van der Waals surface area (Å²) in [6.07, 6.45) is 7.59. The molecule has 2 heterocycles. The molecule has 2 atom stereocenters. The molecular weight excluding hydrogens is 254 g/mol. The first kappa shape index (κ1) is 15.7. The zero-order valence-corrected chi connectivity index (χ0v) is 13.0. The maximum atomic E-state index is 11.8. The summed E-state index contributed by atoms with van der Waals surface area (Å²) in [4.78, 5) is 16.4. The zero-order chi connectivity index (χ0) is 14.6. The number of hydrogen-bond acceptors (Lipinski definition) is 4. The van der Waals surface area contributed by atoms with Crippen LogP contribution in [0.15, 0.2) is 0 Å². The zero-order valence-electron chi connectivity index (χ0n) is 13.0. The van der Waals surface area contributed by atoms with Crippen molar-refractivity contribution < 1.29 is 4.92 Å². The lowest BCUT2D eigenvalue weighted by Gasteiger charge is -2.36. The van der Waals surface area contributed by atoms with Gasteiger partial charge < -0.3 is 0 Å². The smallest absolute Gasteiger partial charge is 0.247 e. The fourth-order valence-corrected chi connectivity index (χ4v) is 3.90. The van der Waals surface area contributed by atoms with Crippen LogP contribution < -0.4 is 0 Å². The molecule has 116 valence electrons. The maximum absolute atomic E-state index is 11.8.